The van der Waals surface area contributed by atoms with E-state index in [-0.39, 0.29) is 22.4 Å². The normalized spacial score (nSPS) is 17.9. The third kappa shape index (κ3) is 6.91. The van der Waals surface area contributed by atoms with Crippen molar-refractivity contribution in [2.24, 2.45) is 5.16 Å². The lowest BCUT2D eigenvalue weighted by Crippen LogP contribution is -2.43. The predicted octanol–water partition coefficient (Wildman–Crippen LogP) is 5.05. The van der Waals surface area contributed by atoms with Crippen LogP contribution in [0, 0.1) is 6.92 Å². The van der Waals surface area contributed by atoms with Gasteiger partial charge in [0.05, 0.1) is 24.4 Å². The molecule has 39 heavy (non-hydrogen) atoms. The van der Waals surface area contributed by atoms with Crippen LogP contribution in [0.2, 0.25) is 5.02 Å². The fourth-order valence-corrected chi connectivity index (χ4v) is 3.69. The van der Waals surface area contributed by atoms with E-state index in [1.165, 1.54) is 19.1 Å². The molecule has 0 fully saturated rings. The number of aryl methyl sites for hydroxylation is 1. The van der Waals surface area contributed by atoms with Gasteiger partial charge in [-0.25, -0.2) is 4.98 Å². The molecule has 7 nitrogen and oxygen atoms in total. The van der Waals surface area contributed by atoms with Crippen molar-refractivity contribution in [2.45, 2.75) is 37.5 Å². The summed E-state index contributed by atoms with van der Waals surface area (Å²) >= 11 is 5.64. The molecule has 212 valence electrons. The number of carbonyl (C=O) groups excluding carboxylic acids is 2. The largest absolute Gasteiger partial charge is 0.437 e. The Hall–Kier alpha value is -3.56. The lowest BCUT2D eigenvalue weighted by molar-refractivity contribution is -0.277. The van der Waals surface area contributed by atoms with E-state index in [1.807, 2.05) is 0 Å². The summed E-state index contributed by atoms with van der Waals surface area (Å²) in [4.78, 5) is 31.6. The molecule has 2 N–H and O–H groups in total. The zero-order valence-electron chi connectivity index (χ0n) is 19.4. The number of nitrogens with zero attached hydrogens (tertiary/aromatic N) is 2. The maximum absolute atomic E-state index is 14.2. The molecule has 0 unspecified atom stereocenters. The van der Waals surface area contributed by atoms with Crippen LogP contribution in [0.25, 0.3) is 0 Å². The summed E-state index contributed by atoms with van der Waals surface area (Å²) in [5.74, 6) is -1.97. The molecule has 0 radical (unpaired) electrons. The van der Waals surface area contributed by atoms with Gasteiger partial charge in [-0.1, -0.05) is 22.8 Å². The smallest absolute Gasteiger partial charge is 0.372 e. The quantitative estimate of drug-likeness (QED) is 0.461. The second-order valence-corrected chi connectivity index (χ2v) is 8.73. The molecule has 2 amide bonds. The molecule has 0 saturated carbocycles. The van der Waals surface area contributed by atoms with E-state index in [1.54, 1.807) is 5.32 Å². The number of nitrogens with one attached hydrogen (secondary N) is 2. The number of hydrogen-bond donors (Lipinski definition) is 2. The third-order valence-corrected chi connectivity index (χ3v) is 5.60. The average molecular weight is 591 g/mol. The molecule has 1 atom stereocenters. The fourth-order valence-electron chi connectivity index (χ4n) is 3.49. The first kappa shape index (κ1) is 30.0. The van der Waals surface area contributed by atoms with Gasteiger partial charge in [0.15, 0.2) is 0 Å². The molecule has 2 aromatic rings. The van der Waals surface area contributed by atoms with Gasteiger partial charge < -0.3 is 15.5 Å². The highest BCUT2D eigenvalue weighted by Crippen LogP contribution is 2.49. The number of carbonyl (C=O) groups is 2. The fraction of sp³-hybridized carbons (Fsp3) is 0.364. The lowest BCUT2D eigenvalue weighted by Gasteiger charge is -2.29. The van der Waals surface area contributed by atoms with Gasteiger partial charge in [-0.05, 0) is 42.3 Å². The molecule has 0 aliphatic carbocycles. The minimum atomic E-state index is -5.28. The molecule has 2 heterocycles. The maximum Gasteiger partial charge on any atom is 0.437 e. The Morgan fingerprint density at radius 2 is 1.69 bits per heavy atom. The number of alkyl halides is 9. The standard InChI is InChI=1S/C22H16ClF9N4O3/c1-10-4-11(2-3-13(10)18(38)33-8-17(37)34-9-20(24,25)26)14-7-19(39-36-14,22(30,31)32)15-5-12(23)6-16(35-15)21(27,28)29/h2-6H,7-9H2,1H3,(H,33,38)(H,34,37)/t19-/m0/s1. The summed E-state index contributed by atoms with van der Waals surface area (Å²) in [6, 6.07) is 4.51. The number of amides is 2. The van der Waals surface area contributed by atoms with Crippen LogP contribution >= 0.6 is 11.6 Å². The van der Waals surface area contributed by atoms with Crippen molar-refractivity contribution in [3.63, 3.8) is 0 Å². The Morgan fingerprint density at radius 1 is 1.03 bits per heavy atom. The molecule has 3 rings (SSSR count). The van der Waals surface area contributed by atoms with Crippen LogP contribution in [0.4, 0.5) is 39.5 Å². The summed E-state index contributed by atoms with van der Waals surface area (Å²) in [7, 11) is 0. The van der Waals surface area contributed by atoms with Crippen molar-refractivity contribution < 1.29 is 53.9 Å². The summed E-state index contributed by atoms with van der Waals surface area (Å²) in [6.07, 6.45) is -16.1. The third-order valence-electron chi connectivity index (χ3n) is 5.38. The van der Waals surface area contributed by atoms with Crippen LogP contribution in [-0.4, -0.2) is 48.0 Å². The number of oxime groups is 1. The van der Waals surface area contributed by atoms with Gasteiger partial charge in [0.1, 0.15) is 12.2 Å². The van der Waals surface area contributed by atoms with Gasteiger partial charge in [-0.2, -0.15) is 39.5 Å². The van der Waals surface area contributed by atoms with Gasteiger partial charge in [0, 0.05) is 10.6 Å². The first-order chi connectivity index (χ1) is 17.8. The molecule has 0 spiro atoms. The predicted molar refractivity (Wildman–Crippen MR) is 117 cm³/mol. The van der Waals surface area contributed by atoms with Gasteiger partial charge in [-0.15, -0.1) is 0 Å². The van der Waals surface area contributed by atoms with Crippen LogP contribution in [0.15, 0.2) is 35.5 Å². The molecule has 1 aromatic carbocycles. The minimum absolute atomic E-state index is 0.0242. The van der Waals surface area contributed by atoms with E-state index in [9.17, 15) is 49.1 Å². The molecule has 0 saturated heterocycles. The van der Waals surface area contributed by atoms with Crippen molar-refractivity contribution in [2.75, 3.05) is 13.1 Å². The molecule has 1 aliphatic rings. The highest BCUT2D eigenvalue weighted by atomic mass is 35.5. The first-order valence-electron chi connectivity index (χ1n) is 10.6. The molecule has 17 heteroatoms. The number of hydrogen-bond acceptors (Lipinski definition) is 5. The highest BCUT2D eigenvalue weighted by molar-refractivity contribution is 6.30. The summed E-state index contributed by atoms with van der Waals surface area (Å²) in [5, 5.41) is 6.44. The van der Waals surface area contributed by atoms with Gasteiger partial charge in [0.2, 0.25) is 5.91 Å². The van der Waals surface area contributed by atoms with Crippen molar-refractivity contribution in [1.29, 1.82) is 0 Å². The zero-order valence-corrected chi connectivity index (χ0v) is 20.2. The lowest BCUT2D eigenvalue weighted by atomic mass is 9.89. The molecular formula is C22H16ClF9N4O3. The molecule has 0 bridgehead atoms. The van der Waals surface area contributed by atoms with Crippen molar-refractivity contribution in [1.82, 2.24) is 15.6 Å². The highest BCUT2D eigenvalue weighted by Gasteiger charge is 2.64. The number of rotatable bonds is 6. The van der Waals surface area contributed by atoms with E-state index in [0.29, 0.717) is 12.1 Å². The van der Waals surface area contributed by atoms with Crippen LogP contribution in [0.5, 0.6) is 0 Å². The van der Waals surface area contributed by atoms with E-state index in [4.69, 9.17) is 11.6 Å². The van der Waals surface area contributed by atoms with Crippen LogP contribution in [0.3, 0.4) is 0 Å². The van der Waals surface area contributed by atoms with Crippen molar-refractivity contribution in [3.8, 4) is 0 Å². The van der Waals surface area contributed by atoms with Crippen molar-refractivity contribution in [3.05, 3.63) is 63.4 Å². The maximum atomic E-state index is 14.2. The topological polar surface area (TPSA) is 92.7 Å². The Labute approximate surface area is 218 Å². The first-order valence-corrected chi connectivity index (χ1v) is 11.0. The van der Waals surface area contributed by atoms with Crippen LogP contribution in [0.1, 0.15) is 39.3 Å². The second kappa shape index (κ2) is 10.5. The summed E-state index contributed by atoms with van der Waals surface area (Å²) in [6.45, 7) is -0.998. The SMILES string of the molecule is Cc1cc(C2=NO[C@@](c3cc(Cl)cc(C(F)(F)F)n3)(C(F)(F)F)C2)ccc1C(=O)NCC(=O)NCC(F)(F)F. The van der Waals surface area contributed by atoms with Gasteiger partial charge in [0.25, 0.3) is 11.5 Å². The van der Waals surface area contributed by atoms with Crippen LogP contribution < -0.4 is 10.6 Å². The Bertz CT molecular complexity index is 1310. The zero-order chi connectivity index (χ0) is 29.4. The van der Waals surface area contributed by atoms with E-state index in [2.05, 4.69) is 20.3 Å². The number of benzene rings is 1. The number of aromatic nitrogens is 1. The summed E-state index contributed by atoms with van der Waals surface area (Å²) in [5.41, 5.74) is -6.40. The monoisotopic (exact) mass is 590 g/mol. The van der Waals surface area contributed by atoms with E-state index in [0.717, 1.165) is 6.07 Å². The van der Waals surface area contributed by atoms with Crippen molar-refractivity contribution >= 4 is 29.1 Å². The minimum Gasteiger partial charge on any atom is -0.372 e. The van der Waals surface area contributed by atoms with Crippen LogP contribution in [-0.2, 0) is 21.4 Å². The van der Waals surface area contributed by atoms with Gasteiger partial charge in [-0.3, -0.25) is 9.59 Å². The van der Waals surface area contributed by atoms with Gasteiger partial charge >= 0.3 is 18.5 Å². The Balaban J connectivity index is 1.81. The molecular weight excluding hydrogens is 575 g/mol. The molecule has 1 aliphatic heterocycles. The number of halogens is 10. The van der Waals surface area contributed by atoms with E-state index < -0.39 is 71.9 Å². The second-order valence-electron chi connectivity index (χ2n) is 8.29. The number of pyridine rings is 1. The average Bonchev–Trinajstić information content (AvgIpc) is 3.27. The molecule has 1 aromatic heterocycles. The Kier molecular flexibility index (Phi) is 8.11. The summed E-state index contributed by atoms with van der Waals surface area (Å²) < 4.78 is 118. The Morgan fingerprint density at radius 3 is 2.26 bits per heavy atom. The van der Waals surface area contributed by atoms with E-state index >= 15 is 0 Å².